The molecule has 0 aliphatic heterocycles. The van der Waals surface area contributed by atoms with Crippen molar-refractivity contribution in [2.75, 3.05) is 0 Å². The van der Waals surface area contributed by atoms with Crippen LogP contribution < -0.4 is 11.5 Å². The fourth-order valence-corrected chi connectivity index (χ4v) is 1.27. The van der Waals surface area contributed by atoms with Crippen molar-refractivity contribution >= 4 is 36.5 Å². The lowest BCUT2D eigenvalue weighted by molar-refractivity contribution is 0.434. The van der Waals surface area contributed by atoms with Gasteiger partial charge in [-0.1, -0.05) is 0 Å². The lowest BCUT2D eigenvalue weighted by Gasteiger charge is -2.22. The van der Waals surface area contributed by atoms with E-state index < -0.39 is 11.1 Å². The summed E-state index contributed by atoms with van der Waals surface area (Å²) >= 11 is 0. The van der Waals surface area contributed by atoms with Crippen molar-refractivity contribution in [3.05, 3.63) is 0 Å². The first-order chi connectivity index (χ1) is 7.04. The minimum absolute atomic E-state index is 0. The van der Waals surface area contributed by atoms with Crippen LogP contribution in [0.3, 0.4) is 0 Å². The van der Waals surface area contributed by atoms with E-state index in [2.05, 4.69) is 10.2 Å². The number of hydrogen-bond acceptors (Lipinski definition) is 4. The molecule has 108 valence electrons. The summed E-state index contributed by atoms with van der Waals surface area (Å²) in [5.74, 6) is 0.182. The molecule has 8 heteroatoms. The van der Waals surface area contributed by atoms with Crippen molar-refractivity contribution in [3.8, 4) is 0 Å². The van der Waals surface area contributed by atoms with E-state index in [1.165, 1.54) is 0 Å². The van der Waals surface area contributed by atoms with E-state index in [1.807, 2.05) is 27.7 Å². The van der Waals surface area contributed by atoms with Crippen LogP contribution in [0.2, 0.25) is 0 Å². The van der Waals surface area contributed by atoms with Crippen LogP contribution in [0.4, 0.5) is 0 Å². The standard InChI is InChI=1S/C10H22N6.2ClH/c1-9(2,5-7(11)12)15-16-10(3,4)6-8(13)14;;/h5-6H2,1-4H3,(H3,11,12)(H3,13,14);2*1H. The number of nitrogens with two attached hydrogens (primary N) is 2. The summed E-state index contributed by atoms with van der Waals surface area (Å²) < 4.78 is 0. The fourth-order valence-electron chi connectivity index (χ4n) is 1.27. The normalized spacial score (nSPS) is 11.6. The minimum Gasteiger partial charge on any atom is -0.388 e. The van der Waals surface area contributed by atoms with Crippen LogP contribution in [0.25, 0.3) is 0 Å². The molecule has 6 N–H and O–H groups in total. The first-order valence-electron chi connectivity index (χ1n) is 5.14. The number of nitrogens with zero attached hydrogens (tertiary/aromatic N) is 2. The molecule has 6 nitrogen and oxygen atoms in total. The van der Waals surface area contributed by atoms with Gasteiger partial charge in [-0.15, -0.1) is 24.8 Å². The zero-order valence-corrected chi connectivity index (χ0v) is 12.9. The minimum atomic E-state index is -0.486. The molecule has 0 radical (unpaired) electrons. The number of hydrogen-bond donors (Lipinski definition) is 4. The second-order valence-electron chi connectivity index (χ2n) is 5.23. The molecule has 0 rings (SSSR count). The molecular weight excluding hydrogens is 275 g/mol. The topological polar surface area (TPSA) is 124 Å². The van der Waals surface area contributed by atoms with Gasteiger partial charge in [-0.2, -0.15) is 10.2 Å². The Hall–Kier alpha value is -0.880. The Bertz CT molecular complexity index is 281. The van der Waals surface area contributed by atoms with Crippen LogP contribution >= 0.6 is 24.8 Å². The van der Waals surface area contributed by atoms with Crippen molar-refractivity contribution < 1.29 is 0 Å². The van der Waals surface area contributed by atoms with Crippen molar-refractivity contribution in [1.82, 2.24) is 0 Å². The van der Waals surface area contributed by atoms with E-state index in [9.17, 15) is 0 Å². The second kappa shape index (κ2) is 8.26. The van der Waals surface area contributed by atoms with Gasteiger partial charge < -0.3 is 11.5 Å². The average molecular weight is 299 g/mol. The van der Waals surface area contributed by atoms with Crippen molar-refractivity contribution in [3.63, 3.8) is 0 Å². The lowest BCUT2D eigenvalue weighted by atomic mass is 10.0. The van der Waals surface area contributed by atoms with E-state index in [4.69, 9.17) is 22.3 Å². The highest BCUT2D eigenvalue weighted by molar-refractivity contribution is 5.85. The summed E-state index contributed by atoms with van der Waals surface area (Å²) in [4.78, 5) is 0. The van der Waals surface area contributed by atoms with Crippen LogP contribution in [0.1, 0.15) is 40.5 Å². The molecule has 0 unspecified atom stereocenters. The highest BCUT2D eigenvalue weighted by Crippen LogP contribution is 2.20. The summed E-state index contributed by atoms with van der Waals surface area (Å²) in [6.07, 6.45) is 0.735. The third-order valence-electron chi connectivity index (χ3n) is 1.84. The van der Waals surface area contributed by atoms with Crippen LogP contribution in [0.5, 0.6) is 0 Å². The SMILES string of the molecule is CC(C)(CC(=N)N)N=NC(C)(C)CC(=N)N.Cl.Cl. The Morgan fingerprint density at radius 3 is 1.22 bits per heavy atom. The lowest BCUT2D eigenvalue weighted by Crippen LogP contribution is -2.29. The van der Waals surface area contributed by atoms with Crippen molar-refractivity contribution in [2.24, 2.45) is 21.7 Å². The molecular formula is C10H24Cl2N6. The molecule has 0 fully saturated rings. The van der Waals surface area contributed by atoms with Crippen molar-refractivity contribution in [2.45, 2.75) is 51.6 Å². The molecule has 0 aliphatic carbocycles. The Morgan fingerprint density at radius 1 is 0.833 bits per heavy atom. The van der Waals surface area contributed by atoms with Gasteiger partial charge in [0.1, 0.15) is 0 Å². The van der Waals surface area contributed by atoms with Gasteiger partial charge in [-0.3, -0.25) is 10.8 Å². The molecule has 0 heterocycles. The highest BCUT2D eigenvalue weighted by atomic mass is 35.5. The van der Waals surface area contributed by atoms with Gasteiger partial charge in [-0.25, -0.2) is 0 Å². The van der Waals surface area contributed by atoms with Crippen LogP contribution in [-0.2, 0) is 0 Å². The molecule has 0 bridgehead atoms. The fraction of sp³-hybridized carbons (Fsp3) is 0.800. The summed E-state index contributed by atoms with van der Waals surface area (Å²) in [6.45, 7) is 7.45. The van der Waals surface area contributed by atoms with Gasteiger partial charge in [0.25, 0.3) is 0 Å². The Morgan fingerprint density at radius 2 is 1.06 bits per heavy atom. The monoisotopic (exact) mass is 298 g/mol. The number of rotatable bonds is 6. The predicted molar refractivity (Wildman–Crippen MR) is 80.6 cm³/mol. The molecule has 0 aliphatic rings. The van der Waals surface area contributed by atoms with E-state index in [1.54, 1.807) is 0 Å². The van der Waals surface area contributed by atoms with E-state index in [-0.39, 0.29) is 36.5 Å². The van der Waals surface area contributed by atoms with Crippen LogP contribution in [0, 0.1) is 10.8 Å². The van der Waals surface area contributed by atoms with Crippen molar-refractivity contribution in [1.29, 1.82) is 10.8 Å². The molecule has 0 aromatic heterocycles. The van der Waals surface area contributed by atoms with Gasteiger partial charge in [0.15, 0.2) is 0 Å². The summed E-state index contributed by atoms with van der Waals surface area (Å²) in [5, 5.41) is 22.8. The summed E-state index contributed by atoms with van der Waals surface area (Å²) in [6, 6.07) is 0. The first-order valence-corrected chi connectivity index (χ1v) is 5.14. The maximum Gasteiger partial charge on any atom is 0.0930 e. The van der Waals surface area contributed by atoms with Gasteiger partial charge in [0.2, 0.25) is 0 Å². The maximum absolute atomic E-state index is 7.22. The quantitative estimate of drug-likeness (QED) is 0.342. The van der Waals surface area contributed by atoms with Gasteiger partial charge in [0, 0.05) is 12.8 Å². The Kier molecular flexibility index (Phi) is 10.2. The molecule has 0 saturated heterocycles. The molecule has 0 spiro atoms. The Labute approximate surface area is 121 Å². The second-order valence-corrected chi connectivity index (χ2v) is 5.23. The largest absolute Gasteiger partial charge is 0.388 e. The van der Waals surface area contributed by atoms with Gasteiger partial charge in [0.05, 0.1) is 22.7 Å². The molecule has 0 saturated carbocycles. The van der Waals surface area contributed by atoms with Gasteiger partial charge >= 0.3 is 0 Å². The average Bonchev–Trinajstić information content (AvgIpc) is 1.96. The van der Waals surface area contributed by atoms with Gasteiger partial charge in [-0.05, 0) is 27.7 Å². The summed E-state index contributed by atoms with van der Waals surface area (Å²) in [5.41, 5.74) is 9.68. The molecule has 0 aromatic rings. The number of halogens is 2. The zero-order chi connectivity index (χ0) is 13.0. The van der Waals surface area contributed by atoms with E-state index >= 15 is 0 Å². The zero-order valence-electron chi connectivity index (χ0n) is 11.3. The maximum atomic E-state index is 7.22. The van der Waals surface area contributed by atoms with E-state index in [0.717, 1.165) is 0 Å². The molecule has 18 heavy (non-hydrogen) atoms. The third kappa shape index (κ3) is 11.6. The molecule has 0 amide bonds. The predicted octanol–water partition coefficient (Wildman–Crippen LogP) is 2.49. The number of nitrogens with one attached hydrogen (secondary N) is 2. The molecule has 0 aromatic carbocycles. The highest BCUT2D eigenvalue weighted by Gasteiger charge is 2.22. The third-order valence-corrected chi connectivity index (χ3v) is 1.84. The number of amidine groups is 2. The van der Waals surface area contributed by atoms with E-state index in [0.29, 0.717) is 12.8 Å². The van der Waals surface area contributed by atoms with Crippen LogP contribution in [-0.4, -0.2) is 22.7 Å². The smallest absolute Gasteiger partial charge is 0.0930 e. The van der Waals surface area contributed by atoms with Crippen LogP contribution in [0.15, 0.2) is 10.2 Å². The summed E-state index contributed by atoms with van der Waals surface area (Å²) in [7, 11) is 0. The molecule has 0 atom stereocenters. The Balaban J connectivity index is -0.00000112. The first kappa shape index (κ1) is 22.3. The number of azo groups is 1.